The average molecular weight is 383 g/mol. The molecule has 4 aromatic rings. The molecule has 5 rings (SSSR count). The van der Waals surface area contributed by atoms with Crippen molar-refractivity contribution in [3.8, 4) is 11.3 Å². The molecule has 29 heavy (non-hydrogen) atoms. The first-order chi connectivity index (χ1) is 14.2. The first-order valence-corrected chi connectivity index (χ1v) is 9.96. The van der Waals surface area contributed by atoms with Gasteiger partial charge in [0.25, 0.3) is 5.69 Å². The van der Waals surface area contributed by atoms with Crippen LogP contribution in [0.2, 0.25) is 0 Å². The van der Waals surface area contributed by atoms with Gasteiger partial charge in [0.1, 0.15) is 0 Å². The number of hydrogen-bond acceptors (Lipinski definition) is 4. The molecular weight excluding hydrogens is 362 g/mol. The van der Waals surface area contributed by atoms with Crippen molar-refractivity contribution in [2.24, 2.45) is 0 Å². The maximum atomic E-state index is 11.7. The van der Waals surface area contributed by atoms with Crippen LogP contribution in [-0.4, -0.2) is 27.9 Å². The molecule has 0 saturated carbocycles. The van der Waals surface area contributed by atoms with Crippen molar-refractivity contribution in [3.05, 3.63) is 81.9 Å². The van der Waals surface area contributed by atoms with Crippen LogP contribution in [0, 0.1) is 10.1 Å². The van der Waals surface area contributed by atoms with E-state index in [0.717, 1.165) is 42.8 Å². The molecule has 0 radical (unpaired) electrons. The van der Waals surface area contributed by atoms with Crippen molar-refractivity contribution < 1.29 is 4.92 Å². The van der Waals surface area contributed by atoms with Gasteiger partial charge in [0.05, 0.1) is 21.7 Å². The topological polar surface area (TPSA) is 59.3 Å². The number of fused-ring (bicyclic) bond motifs is 5. The van der Waals surface area contributed by atoms with Crippen LogP contribution >= 0.6 is 0 Å². The van der Waals surface area contributed by atoms with E-state index in [0.29, 0.717) is 5.56 Å². The van der Waals surface area contributed by atoms with Crippen LogP contribution in [0.5, 0.6) is 0 Å². The molecule has 0 fully saturated rings. The zero-order valence-electron chi connectivity index (χ0n) is 16.3. The van der Waals surface area contributed by atoms with E-state index in [4.69, 9.17) is 4.98 Å². The molecule has 5 nitrogen and oxygen atoms in total. The SMILES string of the molecule is CCN1CCc2c(c(-c3ccccc3[N+](=O)[O-])nc3ccc4ccccc4c23)C1. The van der Waals surface area contributed by atoms with E-state index in [-0.39, 0.29) is 10.6 Å². The third kappa shape index (κ3) is 2.86. The Kier molecular flexibility index (Phi) is 4.25. The second-order valence-electron chi connectivity index (χ2n) is 7.49. The fraction of sp³-hybridized carbons (Fsp3) is 0.208. The molecule has 1 aliphatic rings. The molecule has 0 unspecified atom stereocenters. The molecule has 1 aliphatic heterocycles. The summed E-state index contributed by atoms with van der Waals surface area (Å²) >= 11 is 0. The fourth-order valence-corrected chi connectivity index (χ4v) is 4.50. The molecule has 3 aromatic carbocycles. The Labute approximate surface area is 168 Å². The Balaban J connectivity index is 1.89. The lowest BCUT2D eigenvalue weighted by Gasteiger charge is -2.30. The second kappa shape index (κ2) is 6.94. The monoisotopic (exact) mass is 383 g/mol. The van der Waals surface area contributed by atoms with Gasteiger partial charge in [-0.15, -0.1) is 0 Å². The quantitative estimate of drug-likeness (QED) is 0.272. The number of nitrogens with zero attached hydrogens (tertiary/aromatic N) is 3. The molecule has 0 spiro atoms. The van der Waals surface area contributed by atoms with Gasteiger partial charge in [0.2, 0.25) is 0 Å². The maximum absolute atomic E-state index is 11.7. The van der Waals surface area contributed by atoms with E-state index >= 15 is 0 Å². The lowest BCUT2D eigenvalue weighted by atomic mass is 9.89. The molecule has 0 saturated heterocycles. The van der Waals surface area contributed by atoms with Crippen LogP contribution in [0.15, 0.2) is 60.7 Å². The molecule has 144 valence electrons. The Hall–Kier alpha value is -3.31. The molecule has 5 heteroatoms. The zero-order chi connectivity index (χ0) is 20.0. The molecular formula is C24H21N3O2. The van der Waals surface area contributed by atoms with Crippen LogP contribution in [0.3, 0.4) is 0 Å². The van der Waals surface area contributed by atoms with E-state index in [9.17, 15) is 10.1 Å². The highest BCUT2D eigenvalue weighted by Gasteiger charge is 2.26. The minimum Gasteiger partial charge on any atom is -0.299 e. The van der Waals surface area contributed by atoms with Gasteiger partial charge in [0, 0.05) is 24.5 Å². The number of nitro groups is 1. The molecule has 1 aromatic heterocycles. The fourth-order valence-electron chi connectivity index (χ4n) is 4.50. The minimum absolute atomic E-state index is 0.107. The van der Waals surface area contributed by atoms with Crippen LogP contribution in [0.25, 0.3) is 32.9 Å². The van der Waals surface area contributed by atoms with Gasteiger partial charge in [-0.2, -0.15) is 0 Å². The van der Waals surface area contributed by atoms with E-state index < -0.39 is 0 Å². The predicted molar refractivity (Wildman–Crippen MR) is 116 cm³/mol. The van der Waals surface area contributed by atoms with Crippen molar-refractivity contribution in [2.75, 3.05) is 13.1 Å². The molecule has 0 N–H and O–H groups in total. The Morgan fingerprint density at radius 3 is 2.66 bits per heavy atom. The van der Waals surface area contributed by atoms with Gasteiger partial charge >= 0.3 is 0 Å². The minimum atomic E-state index is -0.311. The summed E-state index contributed by atoms with van der Waals surface area (Å²) in [6.45, 7) is 4.85. The molecule has 2 heterocycles. The van der Waals surface area contributed by atoms with Crippen molar-refractivity contribution in [1.29, 1.82) is 0 Å². The summed E-state index contributed by atoms with van der Waals surface area (Å²) in [7, 11) is 0. The van der Waals surface area contributed by atoms with Crippen molar-refractivity contribution in [3.63, 3.8) is 0 Å². The third-order valence-corrected chi connectivity index (χ3v) is 5.95. The van der Waals surface area contributed by atoms with Gasteiger partial charge in [-0.3, -0.25) is 15.0 Å². The summed E-state index contributed by atoms with van der Waals surface area (Å²) in [5.74, 6) is 0. The normalized spacial score (nSPS) is 14.2. The zero-order valence-corrected chi connectivity index (χ0v) is 16.3. The summed E-state index contributed by atoms with van der Waals surface area (Å²) in [6.07, 6.45) is 0.920. The number of likely N-dealkylation sites (N-methyl/N-ethyl adjacent to an activating group) is 1. The maximum Gasteiger partial charge on any atom is 0.278 e. The van der Waals surface area contributed by atoms with Crippen molar-refractivity contribution in [2.45, 2.75) is 19.9 Å². The number of pyridine rings is 1. The van der Waals surface area contributed by atoms with Gasteiger partial charge in [-0.25, -0.2) is 4.98 Å². The summed E-state index contributed by atoms with van der Waals surface area (Å²) in [6, 6.07) is 19.5. The predicted octanol–water partition coefficient (Wildman–Crippen LogP) is 5.34. The number of benzene rings is 3. The van der Waals surface area contributed by atoms with Gasteiger partial charge in [-0.05, 0) is 47.0 Å². The first kappa shape index (κ1) is 17.8. The van der Waals surface area contributed by atoms with Crippen molar-refractivity contribution >= 4 is 27.4 Å². The number of hydrogen-bond donors (Lipinski definition) is 0. The highest BCUT2D eigenvalue weighted by Crippen LogP contribution is 2.39. The highest BCUT2D eigenvalue weighted by molar-refractivity contribution is 6.09. The van der Waals surface area contributed by atoms with Crippen LogP contribution in [-0.2, 0) is 13.0 Å². The first-order valence-electron chi connectivity index (χ1n) is 9.96. The lowest BCUT2D eigenvalue weighted by molar-refractivity contribution is -0.384. The second-order valence-corrected chi connectivity index (χ2v) is 7.49. The number of rotatable bonds is 3. The van der Waals surface area contributed by atoms with Crippen molar-refractivity contribution in [1.82, 2.24) is 9.88 Å². The van der Waals surface area contributed by atoms with Gasteiger partial charge < -0.3 is 0 Å². The smallest absolute Gasteiger partial charge is 0.278 e. The van der Waals surface area contributed by atoms with Crippen LogP contribution in [0.4, 0.5) is 5.69 Å². The van der Waals surface area contributed by atoms with E-state index in [2.05, 4.69) is 42.2 Å². The Bertz CT molecular complexity index is 1270. The Morgan fingerprint density at radius 2 is 1.83 bits per heavy atom. The summed E-state index contributed by atoms with van der Waals surface area (Å²) in [5, 5.41) is 15.3. The summed E-state index contributed by atoms with van der Waals surface area (Å²) in [4.78, 5) is 18.7. The third-order valence-electron chi connectivity index (χ3n) is 5.95. The lowest BCUT2D eigenvalue weighted by Crippen LogP contribution is -2.31. The van der Waals surface area contributed by atoms with E-state index in [1.807, 2.05) is 18.2 Å². The number of nitro benzene ring substituents is 1. The van der Waals surface area contributed by atoms with E-state index in [1.54, 1.807) is 12.1 Å². The molecule has 0 atom stereocenters. The Morgan fingerprint density at radius 1 is 1.03 bits per heavy atom. The summed E-state index contributed by atoms with van der Waals surface area (Å²) < 4.78 is 0. The molecule has 0 bridgehead atoms. The van der Waals surface area contributed by atoms with E-state index in [1.165, 1.54) is 21.7 Å². The van der Waals surface area contributed by atoms with Crippen LogP contribution < -0.4 is 0 Å². The van der Waals surface area contributed by atoms with Gasteiger partial charge in [0.15, 0.2) is 0 Å². The molecule has 0 aliphatic carbocycles. The van der Waals surface area contributed by atoms with Crippen LogP contribution in [0.1, 0.15) is 18.1 Å². The summed E-state index contributed by atoms with van der Waals surface area (Å²) in [5.41, 5.74) is 4.76. The number of aromatic nitrogens is 1. The molecule has 0 amide bonds. The highest BCUT2D eigenvalue weighted by atomic mass is 16.6. The largest absolute Gasteiger partial charge is 0.299 e. The number of para-hydroxylation sites is 1. The average Bonchev–Trinajstić information content (AvgIpc) is 2.77. The standard InChI is InChI=1S/C24H21N3O2/c1-2-26-14-13-18-20(15-26)24(19-9-5-6-10-22(19)27(28)29)25-21-12-11-16-7-3-4-8-17(16)23(18)21/h3-12H,2,13-15H2,1H3. The van der Waals surface area contributed by atoms with Gasteiger partial charge in [-0.1, -0.05) is 49.4 Å².